The van der Waals surface area contributed by atoms with Gasteiger partial charge in [0.05, 0.1) is 5.54 Å². The maximum absolute atomic E-state index is 11.8. The molecule has 86 valence electrons. The Hall–Kier alpha value is -0.240. The number of carbonyl (C=O) groups is 1. The number of amides is 1. The van der Waals surface area contributed by atoms with Gasteiger partial charge in [0, 0.05) is 12.3 Å². The molecule has 1 N–H and O–H groups in total. The summed E-state index contributed by atoms with van der Waals surface area (Å²) in [4.78, 5) is 11.8. The highest BCUT2D eigenvalue weighted by Gasteiger charge is 2.34. The molecule has 15 heavy (non-hydrogen) atoms. The Morgan fingerprint density at radius 3 is 2.47 bits per heavy atom. The Bertz CT molecular complexity index is 232. The first-order valence-corrected chi connectivity index (χ1v) is 6.64. The smallest absolute Gasteiger partial charge is 0.220 e. The third-order valence-corrected chi connectivity index (χ3v) is 4.15. The molecule has 0 aromatic rings. The molecule has 0 radical (unpaired) electrons. The van der Waals surface area contributed by atoms with Gasteiger partial charge in [-0.1, -0.05) is 19.3 Å². The van der Waals surface area contributed by atoms with Crippen molar-refractivity contribution in [1.29, 1.82) is 0 Å². The highest BCUT2D eigenvalue weighted by molar-refractivity contribution is 6.18. The fourth-order valence-electron chi connectivity index (χ4n) is 2.45. The highest BCUT2D eigenvalue weighted by atomic mass is 35.5. The van der Waals surface area contributed by atoms with E-state index in [-0.39, 0.29) is 11.4 Å². The van der Waals surface area contributed by atoms with Crippen molar-refractivity contribution in [1.82, 2.24) is 5.32 Å². The van der Waals surface area contributed by atoms with Crippen LogP contribution in [0.3, 0.4) is 0 Å². The van der Waals surface area contributed by atoms with Crippen LogP contribution in [0.15, 0.2) is 0 Å². The number of rotatable bonds is 4. The Morgan fingerprint density at radius 2 is 1.93 bits per heavy atom. The molecule has 2 saturated carbocycles. The van der Waals surface area contributed by atoms with Crippen LogP contribution in [0.25, 0.3) is 0 Å². The molecule has 0 saturated heterocycles. The van der Waals surface area contributed by atoms with Crippen molar-refractivity contribution in [2.75, 3.05) is 5.88 Å². The predicted molar refractivity (Wildman–Crippen MR) is 62.0 cm³/mol. The summed E-state index contributed by atoms with van der Waals surface area (Å²) in [5.74, 6) is 1.46. The van der Waals surface area contributed by atoms with Crippen LogP contribution < -0.4 is 5.32 Å². The molecule has 2 rings (SSSR count). The summed E-state index contributed by atoms with van der Waals surface area (Å²) in [6.07, 6.45) is 9.02. The van der Waals surface area contributed by atoms with Crippen LogP contribution in [0.5, 0.6) is 0 Å². The van der Waals surface area contributed by atoms with Gasteiger partial charge in [-0.2, -0.15) is 0 Å². The normalized spacial score (nSPS) is 24.9. The lowest BCUT2D eigenvalue weighted by Crippen LogP contribution is -2.51. The fourth-order valence-corrected chi connectivity index (χ4v) is 2.79. The topological polar surface area (TPSA) is 29.1 Å². The summed E-state index contributed by atoms with van der Waals surface area (Å²) in [5.41, 5.74) is -0.0776. The van der Waals surface area contributed by atoms with Crippen molar-refractivity contribution in [3.63, 3.8) is 0 Å². The second kappa shape index (κ2) is 4.73. The van der Waals surface area contributed by atoms with Crippen LogP contribution in [0.4, 0.5) is 0 Å². The number of carbonyl (C=O) groups excluding carboxylic acids is 1. The molecule has 0 aromatic carbocycles. The van der Waals surface area contributed by atoms with E-state index in [0.29, 0.717) is 11.8 Å². The molecule has 0 atom stereocenters. The summed E-state index contributed by atoms with van der Waals surface area (Å²) in [6.45, 7) is 0. The van der Waals surface area contributed by atoms with Crippen molar-refractivity contribution < 1.29 is 4.79 Å². The van der Waals surface area contributed by atoms with E-state index in [1.54, 1.807) is 0 Å². The maximum atomic E-state index is 11.8. The molecule has 3 heteroatoms. The zero-order valence-electron chi connectivity index (χ0n) is 9.23. The monoisotopic (exact) mass is 229 g/mol. The lowest BCUT2D eigenvalue weighted by molar-refractivity contribution is -0.123. The van der Waals surface area contributed by atoms with Gasteiger partial charge >= 0.3 is 0 Å². The SMILES string of the molecule is O=C(CC1CC1)NC1(CCl)CCCCC1. The van der Waals surface area contributed by atoms with E-state index in [9.17, 15) is 4.79 Å². The molecule has 2 aliphatic rings. The van der Waals surface area contributed by atoms with E-state index >= 15 is 0 Å². The highest BCUT2D eigenvalue weighted by Crippen LogP contribution is 2.34. The summed E-state index contributed by atoms with van der Waals surface area (Å²) < 4.78 is 0. The van der Waals surface area contributed by atoms with Gasteiger partial charge in [-0.05, 0) is 31.6 Å². The zero-order valence-corrected chi connectivity index (χ0v) is 9.98. The molecule has 0 bridgehead atoms. The number of alkyl halides is 1. The summed E-state index contributed by atoms with van der Waals surface area (Å²) in [6, 6.07) is 0. The van der Waals surface area contributed by atoms with Crippen LogP contribution in [0, 0.1) is 5.92 Å². The fraction of sp³-hybridized carbons (Fsp3) is 0.917. The Labute approximate surface area is 96.8 Å². The third-order valence-electron chi connectivity index (χ3n) is 3.64. The molecule has 0 aromatic heterocycles. The molecular formula is C12H20ClNO. The quantitative estimate of drug-likeness (QED) is 0.738. The number of nitrogens with one attached hydrogen (secondary N) is 1. The number of hydrogen-bond donors (Lipinski definition) is 1. The van der Waals surface area contributed by atoms with Crippen LogP contribution in [-0.4, -0.2) is 17.3 Å². The minimum atomic E-state index is -0.0776. The lowest BCUT2D eigenvalue weighted by atomic mass is 9.83. The molecule has 2 nitrogen and oxygen atoms in total. The standard InChI is InChI=1S/C12H20ClNO/c13-9-12(6-2-1-3-7-12)14-11(15)8-10-4-5-10/h10H,1-9H2,(H,14,15). The van der Waals surface area contributed by atoms with Gasteiger partial charge in [-0.25, -0.2) is 0 Å². The predicted octanol–water partition coefficient (Wildman–Crippen LogP) is 2.84. The molecule has 0 heterocycles. The molecule has 0 unspecified atom stereocenters. The van der Waals surface area contributed by atoms with Crippen molar-refractivity contribution in [3.05, 3.63) is 0 Å². The Kier molecular flexibility index (Phi) is 3.55. The van der Waals surface area contributed by atoms with Crippen LogP contribution >= 0.6 is 11.6 Å². The first-order chi connectivity index (χ1) is 7.24. The summed E-state index contributed by atoms with van der Waals surface area (Å²) >= 11 is 6.02. The van der Waals surface area contributed by atoms with Crippen molar-refractivity contribution in [2.45, 2.75) is 56.9 Å². The number of halogens is 1. The van der Waals surface area contributed by atoms with Crippen molar-refractivity contribution in [3.8, 4) is 0 Å². The average molecular weight is 230 g/mol. The Morgan fingerprint density at radius 1 is 1.27 bits per heavy atom. The second-order valence-corrected chi connectivity index (χ2v) is 5.44. The van der Waals surface area contributed by atoms with Gasteiger partial charge in [-0.3, -0.25) is 4.79 Å². The van der Waals surface area contributed by atoms with Gasteiger partial charge in [-0.15, -0.1) is 11.6 Å². The Balaban J connectivity index is 1.84. The van der Waals surface area contributed by atoms with E-state index in [0.717, 1.165) is 19.3 Å². The van der Waals surface area contributed by atoms with Crippen LogP contribution in [0.1, 0.15) is 51.4 Å². The van der Waals surface area contributed by atoms with Crippen molar-refractivity contribution in [2.24, 2.45) is 5.92 Å². The number of hydrogen-bond acceptors (Lipinski definition) is 1. The van der Waals surface area contributed by atoms with Gasteiger partial charge < -0.3 is 5.32 Å². The maximum Gasteiger partial charge on any atom is 0.220 e. The van der Waals surface area contributed by atoms with Gasteiger partial charge in [0.25, 0.3) is 0 Å². The summed E-state index contributed by atoms with van der Waals surface area (Å²) in [5, 5.41) is 3.18. The molecule has 2 aliphatic carbocycles. The van der Waals surface area contributed by atoms with E-state index in [1.165, 1.54) is 32.1 Å². The minimum Gasteiger partial charge on any atom is -0.349 e. The van der Waals surface area contributed by atoms with E-state index in [4.69, 9.17) is 11.6 Å². The molecule has 0 spiro atoms. The third kappa shape index (κ3) is 3.10. The molecule has 2 fully saturated rings. The largest absolute Gasteiger partial charge is 0.349 e. The average Bonchev–Trinajstić information content (AvgIpc) is 3.03. The zero-order chi connectivity index (χ0) is 10.7. The summed E-state index contributed by atoms with van der Waals surface area (Å²) in [7, 11) is 0. The van der Waals surface area contributed by atoms with Gasteiger partial charge in [0.1, 0.15) is 0 Å². The van der Waals surface area contributed by atoms with E-state index < -0.39 is 0 Å². The van der Waals surface area contributed by atoms with E-state index in [2.05, 4.69) is 5.32 Å². The second-order valence-electron chi connectivity index (χ2n) is 5.17. The first kappa shape index (κ1) is 11.3. The molecule has 1 amide bonds. The molecule has 0 aliphatic heterocycles. The van der Waals surface area contributed by atoms with Crippen LogP contribution in [0.2, 0.25) is 0 Å². The van der Waals surface area contributed by atoms with Gasteiger partial charge in [0.2, 0.25) is 5.91 Å². The van der Waals surface area contributed by atoms with Gasteiger partial charge in [0.15, 0.2) is 0 Å². The lowest BCUT2D eigenvalue weighted by Gasteiger charge is -2.36. The minimum absolute atomic E-state index is 0.0776. The van der Waals surface area contributed by atoms with Crippen molar-refractivity contribution >= 4 is 17.5 Å². The molecular weight excluding hydrogens is 210 g/mol. The van der Waals surface area contributed by atoms with E-state index in [1.807, 2.05) is 0 Å². The first-order valence-electron chi connectivity index (χ1n) is 6.11. The van der Waals surface area contributed by atoms with Crippen LogP contribution in [-0.2, 0) is 4.79 Å².